The second-order valence-electron chi connectivity index (χ2n) is 3.84. The minimum atomic E-state index is -0.544. The SMILES string of the molecule is CC(C)(O)CN1CCNCC1.Cl.Cl. The summed E-state index contributed by atoms with van der Waals surface area (Å²) in [5, 5.41) is 12.8. The van der Waals surface area contributed by atoms with E-state index in [1.165, 1.54) is 0 Å². The molecule has 0 aromatic heterocycles. The van der Waals surface area contributed by atoms with Crippen LogP contribution in [0.15, 0.2) is 0 Å². The van der Waals surface area contributed by atoms with Gasteiger partial charge in [-0.15, -0.1) is 24.8 Å². The van der Waals surface area contributed by atoms with Crippen LogP contribution < -0.4 is 5.32 Å². The first-order chi connectivity index (χ1) is 5.08. The molecular formula is C8H20Cl2N2O. The van der Waals surface area contributed by atoms with Crippen LogP contribution in [0.2, 0.25) is 0 Å². The third kappa shape index (κ3) is 7.52. The van der Waals surface area contributed by atoms with Gasteiger partial charge in [0.1, 0.15) is 0 Å². The number of nitrogens with zero attached hydrogens (tertiary/aromatic N) is 1. The van der Waals surface area contributed by atoms with E-state index in [1.807, 2.05) is 13.8 Å². The first-order valence-electron chi connectivity index (χ1n) is 4.23. The summed E-state index contributed by atoms with van der Waals surface area (Å²) in [6.45, 7) is 8.72. The summed E-state index contributed by atoms with van der Waals surface area (Å²) in [6, 6.07) is 0. The van der Waals surface area contributed by atoms with E-state index in [1.54, 1.807) is 0 Å². The van der Waals surface area contributed by atoms with E-state index in [0.29, 0.717) is 0 Å². The molecule has 2 N–H and O–H groups in total. The van der Waals surface area contributed by atoms with Crippen molar-refractivity contribution >= 4 is 24.8 Å². The van der Waals surface area contributed by atoms with Crippen LogP contribution in [0, 0.1) is 0 Å². The van der Waals surface area contributed by atoms with Gasteiger partial charge in [-0.3, -0.25) is 4.90 Å². The molecule has 13 heavy (non-hydrogen) atoms. The second kappa shape index (κ2) is 6.85. The van der Waals surface area contributed by atoms with Gasteiger partial charge in [-0.25, -0.2) is 0 Å². The third-order valence-corrected chi connectivity index (χ3v) is 1.82. The van der Waals surface area contributed by atoms with Crippen LogP contribution in [0.1, 0.15) is 13.8 Å². The smallest absolute Gasteiger partial charge is 0.0718 e. The average Bonchev–Trinajstić information content (AvgIpc) is 1.85. The molecule has 1 heterocycles. The zero-order chi connectivity index (χ0) is 8.32. The van der Waals surface area contributed by atoms with Gasteiger partial charge in [-0.05, 0) is 13.8 Å². The number of hydrogen-bond acceptors (Lipinski definition) is 3. The molecule has 0 atom stereocenters. The minimum absolute atomic E-state index is 0. The quantitative estimate of drug-likeness (QED) is 0.726. The summed E-state index contributed by atoms with van der Waals surface area (Å²) in [7, 11) is 0. The van der Waals surface area contributed by atoms with Crippen molar-refractivity contribution in [3.05, 3.63) is 0 Å². The standard InChI is InChI=1S/C8H18N2O.2ClH/c1-8(2,11)7-10-5-3-9-4-6-10;;/h9,11H,3-7H2,1-2H3;2*1H. The normalized spacial score (nSPS) is 18.7. The molecule has 82 valence electrons. The maximum Gasteiger partial charge on any atom is 0.0718 e. The summed E-state index contributed by atoms with van der Waals surface area (Å²) in [4.78, 5) is 2.29. The zero-order valence-corrected chi connectivity index (χ0v) is 9.88. The molecule has 3 nitrogen and oxygen atoms in total. The van der Waals surface area contributed by atoms with E-state index >= 15 is 0 Å². The van der Waals surface area contributed by atoms with Crippen molar-refractivity contribution < 1.29 is 5.11 Å². The Labute approximate surface area is 92.7 Å². The predicted molar refractivity (Wildman–Crippen MR) is 60.1 cm³/mol. The summed E-state index contributed by atoms with van der Waals surface area (Å²) >= 11 is 0. The number of nitrogens with one attached hydrogen (secondary N) is 1. The lowest BCUT2D eigenvalue weighted by atomic mass is 10.1. The number of β-amino-alcohol motifs (C(OH)–C–C–N with tert-alkyl or cyclic N) is 1. The molecule has 0 spiro atoms. The predicted octanol–water partition coefficient (Wildman–Crippen LogP) is 0.506. The summed E-state index contributed by atoms with van der Waals surface area (Å²) < 4.78 is 0. The van der Waals surface area contributed by atoms with Crippen LogP contribution in [0.3, 0.4) is 0 Å². The van der Waals surface area contributed by atoms with Crippen molar-refractivity contribution in [2.45, 2.75) is 19.4 Å². The van der Waals surface area contributed by atoms with Gasteiger partial charge in [-0.2, -0.15) is 0 Å². The van der Waals surface area contributed by atoms with Gasteiger partial charge >= 0.3 is 0 Å². The van der Waals surface area contributed by atoms with E-state index < -0.39 is 5.60 Å². The molecule has 0 saturated carbocycles. The Morgan fingerprint density at radius 3 is 2.08 bits per heavy atom. The molecule has 0 amide bonds. The Kier molecular flexibility index (Phi) is 8.38. The first kappa shape index (κ1) is 15.9. The van der Waals surface area contributed by atoms with Crippen molar-refractivity contribution in [2.75, 3.05) is 32.7 Å². The first-order valence-corrected chi connectivity index (χ1v) is 4.23. The fourth-order valence-corrected chi connectivity index (χ4v) is 1.42. The molecule has 1 rings (SSSR count). The van der Waals surface area contributed by atoms with Gasteiger partial charge in [0.2, 0.25) is 0 Å². The maximum absolute atomic E-state index is 9.51. The highest BCUT2D eigenvalue weighted by Crippen LogP contribution is 2.04. The van der Waals surface area contributed by atoms with Crippen molar-refractivity contribution in [1.82, 2.24) is 10.2 Å². The Morgan fingerprint density at radius 1 is 1.23 bits per heavy atom. The zero-order valence-electron chi connectivity index (χ0n) is 8.25. The third-order valence-electron chi connectivity index (χ3n) is 1.82. The van der Waals surface area contributed by atoms with Gasteiger partial charge < -0.3 is 10.4 Å². The average molecular weight is 231 g/mol. The lowest BCUT2D eigenvalue weighted by Crippen LogP contribution is -2.48. The van der Waals surface area contributed by atoms with Crippen LogP contribution in [-0.2, 0) is 0 Å². The maximum atomic E-state index is 9.51. The topological polar surface area (TPSA) is 35.5 Å². The van der Waals surface area contributed by atoms with Crippen molar-refractivity contribution in [1.29, 1.82) is 0 Å². The fourth-order valence-electron chi connectivity index (χ4n) is 1.42. The van der Waals surface area contributed by atoms with Gasteiger partial charge in [0, 0.05) is 32.7 Å². The molecule has 0 aromatic carbocycles. The Morgan fingerprint density at radius 2 is 1.69 bits per heavy atom. The van der Waals surface area contributed by atoms with Gasteiger partial charge in [0.15, 0.2) is 0 Å². The highest BCUT2D eigenvalue weighted by molar-refractivity contribution is 5.85. The highest BCUT2D eigenvalue weighted by Gasteiger charge is 2.18. The Hall–Kier alpha value is 0.460. The Bertz CT molecular complexity index is 122. The number of rotatable bonds is 2. The van der Waals surface area contributed by atoms with Crippen LogP contribution in [0.25, 0.3) is 0 Å². The lowest BCUT2D eigenvalue weighted by molar-refractivity contribution is 0.0325. The van der Waals surface area contributed by atoms with Crippen molar-refractivity contribution in [3.8, 4) is 0 Å². The fraction of sp³-hybridized carbons (Fsp3) is 1.00. The van der Waals surface area contributed by atoms with Crippen molar-refractivity contribution in [3.63, 3.8) is 0 Å². The molecule has 5 heteroatoms. The van der Waals surface area contributed by atoms with E-state index in [-0.39, 0.29) is 24.8 Å². The number of piperazine rings is 1. The number of aliphatic hydroxyl groups is 1. The molecule has 0 aromatic rings. The Balaban J connectivity index is 0. The summed E-state index contributed by atoms with van der Waals surface area (Å²) in [6.07, 6.45) is 0. The van der Waals surface area contributed by atoms with Crippen LogP contribution in [0.5, 0.6) is 0 Å². The van der Waals surface area contributed by atoms with E-state index in [9.17, 15) is 5.11 Å². The van der Waals surface area contributed by atoms with E-state index in [0.717, 1.165) is 32.7 Å². The molecule has 0 bridgehead atoms. The van der Waals surface area contributed by atoms with E-state index in [2.05, 4.69) is 10.2 Å². The molecule has 1 aliphatic rings. The second-order valence-corrected chi connectivity index (χ2v) is 3.84. The molecule has 0 aliphatic carbocycles. The largest absolute Gasteiger partial charge is 0.389 e. The lowest BCUT2D eigenvalue weighted by Gasteiger charge is -2.32. The summed E-state index contributed by atoms with van der Waals surface area (Å²) in [5.41, 5.74) is -0.544. The van der Waals surface area contributed by atoms with E-state index in [4.69, 9.17) is 0 Å². The monoisotopic (exact) mass is 230 g/mol. The van der Waals surface area contributed by atoms with Gasteiger partial charge in [0.05, 0.1) is 5.60 Å². The minimum Gasteiger partial charge on any atom is -0.389 e. The molecule has 0 unspecified atom stereocenters. The molecule has 1 saturated heterocycles. The molecular weight excluding hydrogens is 211 g/mol. The highest BCUT2D eigenvalue weighted by atomic mass is 35.5. The van der Waals surface area contributed by atoms with Gasteiger partial charge in [-0.1, -0.05) is 0 Å². The molecule has 1 fully saturated rings. The summed E-state index contributed by atoms with van der Waals surface area (Å²) in [5.74, 6) is 0. The number of halogens is 2. The van der Waals surface area contributed by atoms with Crippen LogP contribution in [-0.4, -0.2) is 48.3 Å². The van der Waals surface area contributed by atoms with Gasteiger partial charge in [0.25, 0.3) is 0 Å². The molecule has 0 radical (unpaired) electrons. The van der Waals surface area contributed by atoms with Crippen LogP contribution >= 0.6 is 24.8 Å². The van der Waals surface area contributed by atoms with Crippen LogP contribution in [0.4, 0.5) is 0 Å². The number of hydrogen-bond donors (Lipinski definition) is 2. The molecule has 1 aliphatic heterocycles. The van der Waals surface area contributed by atoms with Crippen molar-refractivity contribution in [2.24, 2.45) is 0 Å².